The van der Waals surface area contributed by atoms with Crippen molar-refractivity contribution in [2.45, 2.75) is 25.4 Å². The number of nitrogens with one attached hydrogen (secondary N) is 2. The summed E-state index contributed by atoms with van der Waals surface area (Å²) >= 11 is 1.33. The zero-order chi connectivity index (χ0) is 18.5. The Labute approximate surface area is 166 Å². The van der Waals surface area contributed by atoms with Gasteiger partial charge in [-0.15, -0.1) is 23.7 Å². The Hall–Kier alpha value is -2.36. The highest BCUT2D eigenvalue weighted by molar-refractivity contribution is 7.09. The molecule has 1 aliphatic carbocycles. The lowest BCUT2D eigenvalue weighted by atomic mass is 10.2. The van der Waals surface area contributed by atoms with E-state index in [0.717, 1.165) is 12.8 Å². The van der Waals surface area contributed by atoms with Crippen LogP contribution in [-0.4, -0.2) is 36.6 Å². The lowest BCUT2D eigenvalue weighted by Gasteiger charge is -2.12. The minimum Gasteiger partial charge on any atom is -0.493 e. The molecule has 27 heavy (non-hydrogen) atoms. The van der Waals surface area contributed by atoms with Crippen LogP contribution in [0.2, 0.25) is 0 Å². The number of aromatic nitrogens is 1. The van der Waals surface area contributed by atoms with Crippen molar-refractivity contribution in [3.63, 3.8) is 0 Å². The van der Waals surface area contributed by atoms with Crippen LogP contribution in [0.25, 0.3) is 0 Å². The number of hydrogen-bond donors (Lipinski definition) is 3. The number of carbonyl (C=O) groups excluding carboxylic acids is 2. The summed E-state index contributed by atoms with van der Waals surface area (Å²) in [7, 11) is 1.51. The first-order chi connectivity index (χ1) is 12.6. The van der Waals surface area contributed by atoms with Crippen LogP contribution >= 0.6 is 23.7 Å². The Bertz CT molecular complexity index is 810. The standard InChI is InChI=1S/C17H20N4O4S.ClH/c1-24-13-5-4-11(20-17(23)12-9-26-16(7-18)21-12)6-14(13)25-8-15(22)19-10-2-3-10;/h4-6,9-10H,2-3,7-8,18H2,1H3,(H,19,22)(H,20,23);1H. The summed E-state index contributed by atoms with van der Waals surface area (Å²) in [5.41, 5.74) is 6.33. The summed E-state index contributed by atoms with van der Waals surface area (Å²) in [6, 6.07) is 5.23. The molecule has 1 aliphatic rings. The van der Waals surface area contributed by atoms with Crippen LogP contribution in [0.1, 0.15) is 28.3 Å². The Balaban J connectivity index is 0.00000261. The average molecular weight is 413 g/mol. The predicted octanol–water partition coefficient (Wildman–Crippen LogP) is 1.94. The summed E-state index contributed by atoms with van der Waals surface area (Å²) in [4.78, 5) is 28.2. The third-order valence-electron chi connectivity index (χ3n) is 3.68. The molecule has 1 heterocycles. The predicted molar refractivity (Wildman–Crippen MR) is 105 cm³/mol. The lowest BCUT2D eigenvalue weighted by Crippen LogP contribution is -2.30. The van der Waals surface area contributed by atoms with E-state index in [1.807, 2.05) is 0 Å². The maximum Gasteiger partial charge on any atom is 0.275 e. The number of carbonyl (C=O) groups is 2. The first-order valence-electron chi connectivity index (χ1n) is 8.15. The minimum absolute atomic E-state index is 0. The normalized spacial score (nSPS) is 12.7. The van der Waals surface area contributed by atoms with E-state index in [4.69, 9.17) is 15.2 Å². The third kappa shape index (κ3) is 5.81. The van der Waals surface area contributed by atoms with Gasteiger partial charge in [0.25, 0.3) is 11.8 Å². The van der Waals surface area contributed by atoms with Crippen LogP contribution < -0.4 is 25.8 Å². The molecule has 2 amide bonds. The summed E-state index contributed by atoms with van der Waals surface area (Å²) in [6.07, 6.45) is 2.03. The van der Waals surface area contributed by atoms with E-state index in [0.29, 0.717) is 34.4 Å². The molecule has 0 radical (unpaired) electrons. The van der Waals surface area contributed by atoms with Gasteiger partial charge in [-0.25, -0.2) is 4.98 Å². The number of ether oxygens (including phenoxy) is 2. The van der Waals surface area contributed by atoms with Crippen LogP contribution in [-0.2, 0) is 11.3 Å². The zero-order valence-corrected chi connectivity index (χ0v) is 16.3. The Kier molecular flexibility index (Phi) is 7.40. The molecule has 0 unspecified atom stereocenters. The molecular formula is C17H21ClN4O4S. The Morgan fingerprint density at radius 1 is 1.33 bits per heavy atom. The van der Waals surface area contributed by atoms with Gasteiger partial charge >= 0.3 is 0 Å². The van der Waals surface area contributed by atoms with E-state index in [1.165, 1.54) is 18.4 Å². The summed E-state index contributed by atoms with van der Waals surface area (Å²) in [5, 5.41) is 7.94. The largest absolute Gasteiger partial charge is 0.493 e. The molecule has 2 aromatic rings. The number of benzene rings is 1. The smallest absolute Gasteiger partial charge is 0.275 e. The van der Waals surface area contributed by atoms with E-state index in [2.05, 4.69) is 15.6 Å². The van der Waals surface area contributed by atoms with Crippen molar-refractivity contribution >= 4 is 41.2 Å². The first-order valence-corrected chi connectivity index (χ1v) is 9.03. The molecule has 0 saturated heterocycles. The first kappa shape index (κ1) is 20.9. The molecule has 0 aliphatic heterocycles. The number of halogens is 1. The second-order valence-electron chi connectivity index (χ2n) is 5.78. The van der Waals surface area contributed by atoms with Crippen LogP contribution in [0.4, 0.5) is 5.69 Å². The van der Waals surface area contributed by atoms with Gasteiger partial charge in [-0.05, 0) is 25.0 Å². The maximum atomic E-state index is 12.3. The molecule has 10 heteroatoms. The number of thiazole rings is 1. The summed E-state index contributed by atoms with van der Waals surface area (Å²) in [5.74, 6) is 0.322. The number of nitrogens with two attached hydrogens (primary N) is 1. The van der Waals surface area contributed by atoms with Crippen molar-refractivity contribution in [1.82, 2.24) is 10.3 Å². The molecule has 1 saturated carbocycles. The van der Waals surface area contributed by atoms with Crippen molar-refractivity contribution < 1.29 is 19.1 Å². The van der Waals surface area contributed by atoms with Crippen molar-refractivity contribution in [1.29, 1.82) is 0 Å². The fraction of sp³-hybridized carbons (Fsp3) is 0.353. The number of amides is 2. The molecule has 0 bridgehead atoms. The summed E-state index contributed by atoms with van der Waals surface area (Å²) in [6.45, 7) is 0.178. The van der Waals surface area contributed by atoms with Crippen molar-refractivity contribution in [2.24, 2.45) is 5.73 Å². The number of methoxy groups -OCH3 is 1. The van der Waals surface area contributed by atoms with Gasteiger partial charge in [0.05, 0.1) is 7.11 Å². The zero-order valence-electron chi connectivity index (χ0n) is 14.7. The van der Waals surface area contributed by atoms with Gasteiger partial charge in [0.1, 0.15) is 10.7 Å². The summed E-state index contributed by atoms with van der Waals surface area (Å²) < 4.78 is 10.8. The second kappa shape index (κ2) is 9.54. The maximum absolute atomic E-state index is 12.3. The molecule has 8 nitrogen and oxygen atoms in total. The molecule has 4 N–H and O–H groups in total. The fourth-order valence-corrected chi connectivity index (χ4v) is 2.87. The monoisotopic (exact) mass is 412 g/mol. The van der Waals surface area contributed by atoms with Gasteiger partial charge in [0.15, 0.2) is 18.1 Å². The van der Waals surface area contributed by atoms with Crippen molar-refractivity contribution in [3.8, 4) is 11.5 Å². The number of hydrogen-bond acceptors (Lipinski definition) is 7. The van der Waals surface area contributed by atoms with E-state index in [9.17, 15) is 9.59 Å². The highest BCUT2D eigenvalue weighted by Crippen LogP contribution is 2.30. The molecule has 1 aromatic heterocycles. The van der Waals surface area contributed by atoms with E-state index in [-0.39, 0.29) is 36.9 Å². The number of rotatable bonds is 8. The topological polar surface area (TPSA) is 116 Å². The van der Waals surface area contributed by atoms with Gasteiger partial charge < -0.3 is 25.8 Å². The van der Waals surface area contributed by atoms with Crippen LogP contribution in [0.3, 0.4) is 0 Å². The van der Waals surface area contributed by atoms with Gasteiger partial charge in [-0.3, -0.25) is 9.59 Å². The SMILES string of the molecule is COc1ccc(NC(=O)c2csc(CN)n2)cc1OCC(=O)NC1CC1.Cl. The average Bonchev–Trinajstić information content (AvgIpc) is 3.32. The van der Waals surface area contributed by atoms with Gasteiger partial charge in [-0.1, -0.05) is 0 Å². The lowest BCUT2D eigenvalue weighted by molar-refractivity contribution is -0.123. The molecule has 0 spiro atoms. The number of anilines is 1. The van der Waals surface area contributed by atoms with Crippen molar-refractivity contribution in [2.75, 3.05) is 19.0 Å². The molecular weight excluding hydrogens is 392 g/mol. The highest BCUT2D eigenvalue weighted by atomic mass is 35.5. The van der Waals surface area contributed by atoms with Gasteiger partial charge in [0.2, 0.25) is 0 Å². The molecule has 0 atom stereocenters. The third-order valence-corrected chi connectivity index (χ3v) is 4.55. The van der Waals surface area contributed by atoms with Gasteiger partial charge in [-0.2, -0.15) is 0 Å². The minimum atomic E-state index is -0.344. The van der Waals surface area contributed by atoms with E-state index < -0.39 is 0 Å². The quantitative estimate of drug-likeness (QED) is 0.610. The van der Waals surface area contributed by atoms with Crippen LogP contribution in [0.5, 0.6) is 11.5 Å². The molecule has 146 valence electrons. The Morgan fingerprint density at radius 3 is 2.74 bits per heavy atom. The molecule has 3 rings (SSSR count). The van der Waals surface area contributed by atoms with Crippen LogP contribution in [0, 0.1) is 0 Å². The number of nitrogens with zero attached hydrogens (tertiary/aromatic N) is 1. The highest BCUT2D eigenvalue weighted by Gasteiger charge is 2.23. The Morgan fingerprint density at radius 2 is 2.11 bits per heavy atom. The fourth-order valence-electron chi connectivity index (χ4n) is 2.21. The second-order valence-corrected chi connectivity index (χ2v) is 6.72. The van der Waals surface area contributed by atoms with Crippen molar-refractivity contribution in [3.05, 3.63) is 34.3 Å². The van der Waals surface area contributed by atoms with Gasteiger partial charge in [0, 0.05) is 29.7 Å². The van der Waals surface area contributed by atoms with Crippen LogP contribution in [0.15, 0.2) is 23.6 Å². The molecule has 1 fully saturated rings. The molecule has 1 aromatic carbocycles. The van der Waals surface area contributed by atoms with E-state index in [1.54, 1.807) is 23.6 Å². The van der Waals surface area contributed by atoms with E-state index >= 15 is 0 Å².